The summed E-state index contributed by atoms with van der Waals surface area (Å²) < 4.78 is 0. The molecule has 0 bridgehead atoms. The first-order valence-electron chi connectivity index (χ1n) is 8.10. The second-order valence-electron chi connectivity index (χ2n) is 5.93. The van der Waals surface area contributed by atoms with Gasteiger partial charge in [0, 0.05) is 12.1 Å². The van der Waals surface area contributed by atoms with E-state index in [1.54, 1.807) is 0 Å². The first-order valence-corrected chi connectivity index (χ1v) is 8.10. The molecule has 0 fully saturated rings. The van der Waals surface area contributed by atoms with Gasteiger partial charge in [-0.1, -0.05) is 66.7 Å². The van der Waals surface area contributed by atoms with Crippen LogP contribution < -0.4 is 10.6 Å². The molecule has 1 heterocycles. The van der Waals surface area contributed by atoms with Gasteiger partial charge in [0.1, 0.15) is 0 Å². The van der Waals surface area contributed by atoms with E-state index in [1.165, 1.54) is 22.3 Å². The molecule has 1 aliphatic heterocycles. The van der Waals surface area contributed by atoms with Gasteiger partial charge in [-0.3, -0.25) is 0 Å². The van der Waals surface area contributed by atoms with Crippen LogP contribution in [-0.4, -0.2) is 6.54 Å². The molecule has 0 aliphatic carbocycles. The summed E-state index contributed by atoms with van der Waals surface area (Å²) in [5.74, 6) is 0. The van der Waals surface area contributed by atoms with Gasteiger partial charge >= 0.3 is 0 Å². The normalized spacial score (nSPS) is 15.9. The quantitative estimate of drug-likeness (QED) is 0.684. The summed E-state index contributed by atoms with van der Waals surface area (Å²) in [6.45, 7) is 3.11. The zero-order valence-electron chi connectivity index (χ0n) is 13.2. The van der Waals surface area contributed by atoms with Crippen molar-refractivity contribution in [3.63, 3.8) is 0 Å². The number of para-hydroxylation sites is 1. The van der Waals surface area contributed by atoms with Crippen LogP contribution in [-0.2, 0) is 0 Å². The number of nitrogens with two attached hydrogens (primary N) is 1. The highest BCUT2D eigenvalue weighted by Crippen LogP contribution is 2.49. The second-order valence-corrected chi connectivity index (χ2v) is 5.93. The highest BCUT2D eigenvalue weighted by Gasteiger charge is 2.32. The largest absolute Gasteiger partial charge is 0.397 e. The number of anilines is 2. The van der Waals surface area contributed by atoms with E-state index in [-0.39, 0.29) is 6.04 Å². The molecular weight excluding hydrogens is 280 g/mol. The van der Waals surface area contributed by atoms with Crippen molar-refractivity contribution >= 4 is 11.4 Å². The van der Waals surface area contributed by atoms with Crippen LogP contribution in [0.5, 0.6) is 0 Å². The Morgan fingerprint density at radius 1 is 0.826 bits per heavy atom. The number of hydrogen-bond acceptors (Lipinski definition) is 2. The fraction of sp³-hybridized carbons (Fsp3) is 0.143. The molecule has 0 saturated carbocycles. The fourth-order valence-corrected chi connectivity index (χ4v) is 3.71. The minimum atomic E-state index is 0.203. The maximum Gasteiger partial charge on any atom is 0.0802 e. The SMILES string of the molecule is CCN1c2c(N)cccc2-c2ccccc2C1c1ccccc1. The van der Waals surface area contributed by atoms with E-state index in [0.29, 0.717) is 0 Å². The maximum absolute atomic E-state index is 6.36. The molecule has 0 spiro atoms. The Balaban J connectivity index is 2.03. The Kier molecular flexibility index (Phi) is 3.30. The first-order chi connectivity index (χ1) is 11.3. The van der Waals surface area contributed by atoms with Crippen molar-refractivity contribution in [2.45, 2.75) is 13.0 Å². The maximum atomic E-state index is 6.36. The summed E-state index contributed by atoms with van der Waals surface area (Å²) in [5, 5.41) is 0. The third-order valence-corrected chi connectivity index (χ3v) is 4.67. The Labute approximate surface area is 137 Å². The predicted octanol–water partition coefficient (Wildman–Crippen LogP) is 4.87. The Hall–Kier alpha value is -2.74. The topological polar surface area (TPSA) is 29.3 Å². The van der Waals surface area contributed by atoms with E-state index in [4.69, 9.17) is 5.73 Å². The number of hydrogen-bond donors (Lipinski definition) is 1. The van der Waals surface area contributed by atoms with Gasteiger partial charge in [0.2, 0.25) is 0 Å². The average Bonchev–Trinajstić information content (AvgIpc) is 2.61. The monoisotopic (exact) mass is 300 g/mol. The predicted molar refractivity (Wildman–Crippen MR) is 97.6 cm³/mol. The van der Waals surface area contributed by atoms with Gasteiger partial charge in [-0.15, -0.1) is 0 Å². The van der Waals surface area contributed by atoms with E-state index >= 15 is 0 Å². The summed E-state index contributed by atoms with van der Waals surface area (Å²) in [6, 6.07) is 25.8. The lowest BCUT2D eigenvalue weighted by Gasteiger charge is -2.40. The fourth-order valence-electron chi connectivity index (χ4n) is 3.71. The van der Waals surface area contributed by atoms with Gasteiger partial charge in [0.15, 0.2) is 0 Å². The molecule has 4 rings (SSSR count). The lowest BCUT2D eigenvalue weighted by Crippen LogP contribution is -2.33. The zero-order chi connectivity index (χ0) is 15.8. The van der Waals surface area contributed by atoms with Gasteiger partial charge in [-0.05, 0) is 29.7 Å². The van der Waals surface area contributed by atoms with Crippen LogP contribution >= 0.6 is 0 Å². The number of fused-ring (bicyclic) bond motifs is 3. The van der Waals surface area contributed by atoms with Crippen LogP contribution in [0.2, 0.25) is 0 Å². The van der Waals surface area contributed by atoms with Crippen LogP contribution in [0.1, 0.15) is 24.1 Å². The van der Waals surface area contributed by atoms with Crippen molar-refractivity contribution in [1.82, 2.24) is 0 Å². The lowest BCUT2D eigenvalue weighted by atomic mass is 9.84. The molecule has 2 nitrogen and oxygen atoms in total. The smallest absolute Gasteiger partial charge is 0.0802 e. The molecule has 2 N–H and O–H groups in total. The highest BCUT2D eigenvalue weighted by molar-refractivity contribution is 5.92. The molecule has 1 aliphatic rings. The standard InChI is InChI=1S/C21H20N2/c1-2-23-20(15-9-4-3-5-10-15)17-12-7-6-11-16(17)18-13-8-14-19(22)21(18)23/h3-14,20H,2,22H2,1H3. The highest BCUT2D eigenvalue weighted by atomic mass is 15.2. The Morgan fingerprint density at radius 3 is 2.30 bits per heavy atom. The summed E-state index contributed by atoms with van der Waals surface area (Å²) in [4.78, 5) is 2.42. The van der Waals surface area contributed by atoms with Crippen molar-refractivity contribution in [2.75, 3.05) is 17.2 Å². The summed E-state index contributed by atoms with van der Waals surface area (Å²) in [6.07, 6.45) is 0. The van der Waals surface area contributed by atoms with E-state index in [9.17, 15) is 0 Å². The third kappa shape index (κ3) is 2.10. The molecule has 3 aromatic carbocycles. The van der Waals surface area contributed by atoms with Crippen LogP contribution in [0.4, 0.5) is 11.4 Å². The lowest BCUT2D eigenvalue weighted by molar-refractivity contribution is 0.720. The Morgan fingerprint density at radius 2 is 1.52 bits per heavy atom. The van der Waals surface area contributed by atoms with Crippen molar-refractivity contribution in [3.8, 4) is 11.1 Å². The second kappa shape index (κ2) is 5.47. The van der Waals surface area contributed by atoms with Crippen LogP contribution in [0, 0.1) is 0 Å². The van der Waals surface area contributed by atoms with Crippen LogP contribution in [0.25, 0.3) is 11.1 Å². The van der Waals surface area contributed by atoms with Gasteiger partial charge in [-0.2, -0.15) is 0 Å². The van der Waals surface area contributed by atoms with Gasteiger partial charge in [0.05, 0.1) is 17.4 Å². The molecular formula is C21H20N2. The van der Waals surface area contributed by atoms with E-state index in [0.717, 1.165) is 17.9 Å². The molecule has 1 unspecified atom stereocenters. The van der Waals surface area contributed by atoms with Crippen LogP contribution in [0.3, 0.4) is 0 Å². The van der Waals surface area contributed by atoms with Crippen LogP contribution in [0.15, 0.2) is 72.8 Å². The third-order valence-electron chi connectivity index (χ3n) is 4.67. The molecule has 0 radical (unpaired) electrons. The van der Waals surface area contributed by atoms with E-state index in [2.05, 4.69) is 72.5 Å². The molecule has 2 heteroatoms. The Bertz CT molecular complexity index is 839. The molecule has 0 aromatic heterocycles. The molecule has 1 atom stereocenters. The van der Waals surface area contributed by atoms with Gasteiger partial charge in [-0.25, -0.2) is 0 Å². The minimum Gasteiger partial charge on any atom is -0.397 e. The first kappa shape index (κ1) is 13.9. The minimum absolute atomic E-state index is 0.203. The van der Waals surface area contributed by atoms with E-state index in [1.807, 2.05) is 12.1 Å². The number of nitrogens with zero attached hydrogens (tertiary/aromatic N) is 1. The van der Waals surface area contributed by atoms with Gasteiger partial charge in [0.25, 0.3) is 0 Å². The molecule has 0 amide bonds. The number of benzene rings is 3. The van der Waals surface area contributed by atoms with Crippen molar-refractivity contribution in [1.29, 1.82) is 0 Å². The van der Waals surface area contributed by atoms with Crippen molar-refractivity contribution < 1.29 is 0 Å². The average molecular weight is 300 g/mol. The zero-order valence-corrected chi connectivity index (χ0v) is 13.2. The molecule has 23 heavy (non-hydrogen) atoms. The molecule has 0 saturated heterocycles. The van der Waals surface area contributed by atoms with E-state index < -0.39 is 0 Å². The van der Waals surface area contributed by atoms with Crippen molar-refractivity contribution in [3.05, 3.63) is 83.9 Å². The molecule has 3 aromatic rings. The van der Waals surface area contributed by atoms with Crippen molar-refractivity contribution in [2.24, 2.45) is 0 Å². The molecule has 114 valence electrons. The summed E-state index contributed by atoms with van der Waals surface area (Å²) in [5.41, 5.74) is 13.5. The summed E-state index contributed by atoms with van der Waals surface area (Å²) in [7, 11) is 0. The number of nitrogen functional groups attached to an aromatic ring is 1. The summed E-state index contributed by atoms with van der Waals surface area (Å²) >= 11 is 0. The van der Waals surface area contributed by atoms with Gasteiger partial charge < -0.3 is 10.6 Å². The number of rotatable bonds is 2.